The van der Waals surface area contributed by atoms with E-state index in [0.717, 1.165) is 5.56 Å². The molecule has 3 rings (SSSR count). The Hall–Kier alpha value is -2.88. The van der Waals surface area contributed by atoms with E-state index >= 15 is 0 Å². The van der Waals surface area contributed by atoms with Gasteiger partial charge < -0.3 is 19.1 Å². The van der Waals surface area contributed by atoms with Crippen LogP contribution in [-0.2, 0) is 0 Å². The highest BCUT2D eigenvalue weighted by Crippen LogP contribution is 2.40. The average Bonchev–Trinajstić information content (AvgIpc) is 2.66. The van der Waals surface area contributed by atoms with Crippen molar-refractivity contribution in [2.45, 2.75) is 6.04 Å². The van der Waals surface area contributed by atoms with Crippen LogP contribution in [0.1, 0.15) is 11.1 Å². The van der Waals surface area contributed by atoms with Crippen LogP contribution in [0.25, 0.3) is 12.2 Å². The topological polar surface area (TPSA) is 30.9 Å². The molecule has 0 fully saturated rings. The van der Waals surface area contributed by atoms with Crippen LogP contribution in [0.3, 0.4) is 0 Å². The van der Waals surface area contributed by atoms with Crippen LogP contribution in [0.2, 0.25) is 0 Å². The molecule has 2 aromatic carbocycles. The summed E-state index contributed by atoms with van der Waals surface area (Å²) in [7, 11) is 6.97. The van der Waals surface area contributed by atoms with Crippen LogP contribution in [0.4, 0.5) is 5.69 Å². The van der Waals surface area contributed by atoms with Gasteiger partial charge in [0.2, 0.25) is 5.75 Å². The average molecular weight is 337 g/mol. The Kier molecular flexibility index (Phi) is 4.98. The SMILES string of the molecule is COc1ccc(/C=C/C2C=Cc3ccccc3N2C)c(OC)c1OC. The van der Waals surface area contributed by atoms with E-state index in [9.17, 15) is 0 Å². The minimum absolute atomic E-state index is 0.174. The fourth-order valence-corrected chi connectivity index (χ4v) is 3.09. The van der Waals surface area contributed by atoms with Crippen LogP contribution in [0, 0.1) is 0 Å². The number of benzene rings is 2. The molecule has 1 heterocycles. The Morgan fingerprint density at radius 3 is 2.40 bits per heavy atom. The number of methoxy groups -OCH3 is 3. The van der Waals surface area contributed by atoms with Crippen molar-refractivity contribution in [2.75, 3.05) is 33.3 Å². The summed E-state index contributed by atoms with van der Waals surface area (Å²) in [5.74, 6) is 1.92. The summed E-state index contributed by atoms with van der Waals surface area (Å²) in [5.41, 5.74) is 3.40. The normalized spacial score (nSPS) is 16.0. The van der Waals surface area contributed by atoms with Gasteiger partial charge in [0.25, 0.3) is 0 Å². The van der Waals surface area contributed by atoms with Gasteiger partial charge in [-0.05, 0) is 23.8 Å². The zero-order valence-corrected chi connectivity index (χ0v) is 15.0. The minimum atomic E-state index is 0.174. The van der Waals surface area contributed by atoms with E-state index in [0.29, 0.717) is 17.2 Å². The highest BCUT2D eigenvalue weighted by Gasteiger charge is 2.17. The maximum Gasteiger partial charge on any atom is 0.203 e. The lowest BCUT2D eigenvalue weighted by atomic mass is 10.0. The maximum absolute atomic E-state index is 5.54. The van der Waals surface area contributed by atoms with Crippen LogP contribution in [0.15, 0.2) is 48.6 Å². The second-order valence-electron chi connectivity index (χ2n) is 5.80. The van der Waals surface area contributed by atoms with Gasteiger partial charge in [0.15, 0.2) is 11.5 Å². The standard InChI is InChI=1S/C21H23NO3/c1-22-17(12-9-15-7-5-6-8-18(15)22)13-10-16-11-14-19(23-2)21(25-4)20(16)24-3/h5-14,17H,1-4H3/b13-10+. The van der Waals surface area contributed by atoms with E-state index in [1.807, 2.05) is 12.1 Å². The molecule has 4 heteroatoms. The molecule has 1 unspecified atom stereocenters. The van der Waals surface area contributed by atoms with Gasteiger partial charge in [0, 0.05) is 18.3 Å². The van der Waals surface area contributed by atoms with Crippen molar-refractivity contribution >= 4 is 17.8 Å². The van der Waals surface area contributed by atoms with Crippen LogP contribution in [-0.4, -0.2) is 34.4 Å². The second kappa shape index (κ2) is 7.34. The third-order valence-corrected chi connectivity index (χ3v) is 4.44. The third kappa shape index (κ3) is 3.20. The molecule has 0 aromatic heterocycles. The first-order chi connectivity index (χ1) is 12.2. The Morgan fingerprint density at radius 2 is 1.68 bits per heavy atom. The lowest BCUT2D eigenvalue weighted by Crippen LogP contribution is -2.30. The summed E-state index contributed by atoms with van der Waals surface area (Å²) in [6.45, 7) is 0. The number of hydrogen-bond acceptors (Lipinski definition) is 4. The summed E-state index contributed by atoms with van der Waals surface area (Å²) >= 11 is 0. The lowest BCUT2D eigenvalue weighted by molar-refractivity contribution is 0.324. The first-order valence-electron chi connectivity index (χ1n) is 8.16. The fraction of sp³-hybridized carbons (Fsp3) is 0.238. The van der Waals surface area contributed by atoms with Crippen molar-refractivity contribution in [3.63, 3.8) is 0 Å². The van der Waals surface area contributed by atoms with Gasteiger partial charge in [0.05, 0.1) is 27.4 Å². The molecule has 4 nitrogen and oxygen atoms in total. The lowest BCUT2D eigenvalue weighted by Gasteiger charge is -2.30. The Labute approximate surface area is 148 Å². The first kappa shape index (κ1) is 17.0. The molecule has 0 saturated carbocycles. The van der Waals surface area contributed by atoms with Crippen LogP contribution >= 0.6 is 0 Å². The number of fused-ring (bicyclic) bond motifs is 1. The Morgan fingerprint density at radius 1 is 0.920 bits per heavy atom. The van der Waals surface area contributed by atoms with Gasteiger partial charge in [0.1, 0.15) is 0 Å². The maximum atomic E-state index is 5.54. The van der Waals surface area contributed by atoms with Crippen molar-refractivity contribution in [2.24, 2.45) is 0 Å². The number of para-hydroxylation sites is 1. The number of hydrogen-bond donors (Lipinski definition) is 0. The summed E-state index contributed by atoms with van der Waals surface area (Å²) < 4.78 is 16.3. The predicted molar refractivity (Wildman–Crippen MR) is 103 cm³/mol. The van der Waals surface area contributed by atoms with Crippen LogP contribution in [0.5, 0.6) is 17.2 Å². The van der Waals surface area contributed by atoms with E-state index in [1.165, 1.54) is 11.3 Å². The quantitative estimate of drug-likeness (QED) is 0.816. The zero-order chi connectivity index (χ0) is 17.8. The minimum Gasteiger partial charge on any atom is -0.493 e. The van der Waals surface area contributed by atoms with Gasteiger partial charge in [-0.2, -0.15) is 0 Å². The second-order valence-corrected chi connectivity index (χ2v) is 5.80. The fourth-order valence-electron chi connectivity index (χ4n) is 3.09. The van der Waals surface area contributed by atoms with E-state index in [2.05, 4.69) is 60.5 Å². The summed E-state index contributed by atoms with van der Waals surface area (Å²) in [6.07, 6.45) is 8.55. The molecule has 1 aliphatic heterocycles. The van der Waals surface area contributed by atoms with Crippen molar-refractivity contribution in [1.82, 2.24) is 0 Å². The number of likely N-dealkylation sites (N-methyl/N-ethyl adjacent to an activating group) is 1. The molecule has 2 aromatic rings. The van der Waals surface area contributed by atoms with Gasteiger partial charge in [-0.3, -0.25) is 0 Å². The Balaban J connectivity index is 1.91. The van der Waals surface area contributed by atoms with E-state index in [1.54, 1.807) is 21.3 Å². The highest BCUT2D eigenvalue weighted by atomic mass is 16.5. The molecule has 0 radical (unpaired) electrons. The zero-order valence-electron chi connectivity index (χ0n) is 15.0. The molecule has 130 valence electrons. The first-order valence-corrected chi connectivity index (χ1v) is 8.16. The summed E-state index contributed by atoms with van der Waals surface area (Å²) in [6, 6.07) is 12.4. The predicted octanol–water partition coefficient (Wildman–Crippen LogP) is 4.26. The van der Waals surface area contributed by atoms with Crippen LogP contribution < -0.4 is 19.1 Å². The summed E-state index contributed by atoms with van der Waals surface area (Å²) in [4.78, 5) is 2.25. The van der Waals surface area contributed by atoms with Gasteiger partial charge in [-0.25, -0.2) is 0 Å². The number of ether oxygens (including phenoxy) is 3. The molecule has 0 amide bonds. The highest BCUT2D eigenvalue weighted by molar-refractivity contribution is 5.74. The van der Waals surface area contributed by atoms with E-state index in [4.69, 9.17) is 14.2 Å². The van der Waals surface area contributed by atoms with Gasteiger partial charge in [-0.1, -0.05) is 42.5 Å². The number of nitrogens with zero attached hydrogens (tertiary/aromatic N) is 1. The van der Waals surface area contributed by atoms with Crippen molar-refractivity contribution in [1.29, 1.82) is 0 Å². The molecular weight excluding hydrogens is 314 g/mol. The van der Waals surface area contributed by atoms with Crippen molar-refractivity contribution in [3.8, 4) is 17.2 Å². The van der Waals surface area contributed by atoms with Gasteiger partial charge >= 0.3 is 0 Å². The van der Waals surface area contributed by atoms with Gasteiger partial charge in [-0.15, -0.1) is 0 Å². The molecule has 1 atom stereocenters. The molecule has 0 saturated heterocycles. The number of anilines is 1. The van der Waals surface area contributed by atoms with Crippen molar-refractivity contribution in [3.05, 3.63) is 59.7 Å². The van der Waals surface area contributed by atoms with E-state index in [-0.39, 0.29) is 6.04 Å². The third-order valence-electron chi connectivity index (χ3n) is 4.44. The summed E-state index contributed by atoms with van der Waals surface area (Å²) in [5, 5.41) is 0. The molecule has 0 N–H and O–H groups in total. The van der Waals surface area contributed by atoms with Crippen molar-refractivity contribution < 1.29 is 14.2 Å². The monoisotopic (exact) mass is 337 g/mol. The van der Waals surface area contributed by atoms with E-state index < -0.39 is 0 Å². The molecule has 0 bridgehead atoms. The largest absolute Gasteiger partial charge is 0.493 e. The molecular formula is C21H23NO3. The molecule has 0 aliphatic carbocycles. The molecule has 25 heavy (non-hydrogen) atoms. The smallest absolute Gasteiger partial charge is 0.203 e. The Bertz CT molecular complexity index is 811. The molecule has 1 aliphatic rings. The molecule has 0 spiro atoms. The number of rotatable bonds is 5.